The van der Waals surface area contributed by atoms with E-state index in [9.17, 15) is 9.59 Å². The fourth-order valence-corrected chi connectivity index (χ4v) is 4.30. The van der Waals surface area contributed by atoms with Crippen LogP contribution in [0.25, 0.3) is 10.8 Å². The van der Waals surface area contributed by atoms with Gasteiger partial charge < -0.3 is 20.1 Å². The van der Waals surface area contributed by atoms with Crippen LogP contribution < -0.4 is 20.1 Å². The Hall–Kier alpha value is -3.58. The Labute approximate surface area is 186 Å². The summed E-state index contributed by atoms with van der Waals surface area (Å²) in [6.45, 7) is 1.95. The molecular formula is C25H25N3O4. The number of carbonyl (C=O) groups is 2. The molecule has 3 aromatic carbocycles. The Morgan fingerprint density at radius 3 is 2.56 bits per heavy atom. The molecule has 164 valence electrons. The topological polar surface area (TPSA) is 79.9 Å². The second-order valence-electron chi connectivity index (χ2n) is 8.18. The SMILES string of the molecule is O=C(CN1CCC(C(=O)Nc2ccc3c(c2)OCO3)CC1)Nc1cccc2ccccc12. The first-order valence-corrected chi connectivity index (χ1v) is 10.9. The number of amides is 2. The molecule has 1 fully saturated rings. The van der Waals surface area contributed by atoms with Gasteiger partial charge in [0.15, 0.2) is 11.5 Å². The predicted octanol–water partition coefficient (Wildman–Crippen LogP) is 3.86. The van der Waals surface area contributed by atoms with Crippen LogP contribution in [0.1, 0.15) is 12.8 Å². The average molecular weight is 431 g/mol. The highest BCUT2D eigenvalue weighted by molar-refractivity contribution is 6.02. The number of hydrogen-bond donors (Lipinski definition) is 2. The normalized spacial score (nSPS) is 16.1. The van der Waals surface area contributed by atoms with E-state index in [4.69, 9.17) is 9.47 Å². The standard InChI is InChI=1S/C25H25N3O4/c29-24(27-21-7-3-5-17-4-1-2-6-20(17)21)15-28-12-10-18(11-13-28)25(30)26-19-8-9-22-23(14-19)32-16-31-22/h1-9,14,18H,10-13,15-16H2,(H,26,30)(H,27,29). The van der Waals surface area contributed by atoms with Crippen LogP contribution in [0, 0.1) is 5.92 Å². The van der Waals surface area contributed by atoms with Gasteiger partial charge >= 0.3 is 0 Å². The summed E-state index contributed by atoms with van der Waals surface area (Å²) in [5.74, 6) is 1.24. The molecule has 2 aliphatic rings. The van der Waals surface area contributed by atoms with Crippen LogP contribution in [-0.4, -0.2) is 43.1 Å². The van der Waals surface area contributed by atoms with Gasteiger partial charge in [0.1, 0.15) is 0 Å². The first-order chi connectivity index (χ1) is 15.7. The fourth-order valence-electron chi connectivity index (χ4n) is 4.30. The summed E-state index contributed by atoms with van der Waals surface area (Å²) in [6, 6.07) is 19.3. The van der Waals surface area contributed by atoms with Crippen LogP contribution in [0.4, 0.5) is 11.4 Å². The monoisotopic (exact) mass is 431 g/mol. The van der Waals surface area contributed by atoms with Crippen LogP contribution in [0.5, 0.6) is 11.5 Å². The number of carbonyl (C=O) groups excluding carboxylic acids is 2. The van der Waals surface area contributed by atoms with E-state index >= 15 is 0 Å². The lowest BCUT2D eigenvalue weighted by atomic mass is 9.95. The number of ether oxygens (including phenoxy) is 2. The number of piperidine rings is 1. The highest BCUT2D eigenvalue weighted by Gasteiger charge is 2.26. The number of anilines is 2. The summed E-state index contributed by atoms with van der Waals surface area (Å²) in [4.78, 5) is 27.4. The number of nitrogens with zero attached hydrogens (tertiary/aromatic N) is 1. The maximum absolute atomic E-state index is 12.7. The third-order valence-corrected chi connectivity index (χ3v) is 6.03. The maximum Gasteiger partial charge on any atom is 0.238 e. The number of rotatable bonds is 5. The van der Waals surface area contributed by atoms with Gasteiger partial charge in [0, 0.05) is 28.7 Å². The Morgan fingerprint density at radius 2 is 1.69 bits per heavy atom. The van der Waals surface area contributed by atoms with Crippen molar-refractivity contribution in [2.24, 2.45) is 5.92 Å². The van der Waals surface area contributed by atoms with Crippen LogP contribution in [-0.2, 0) is 9.59 Å². The van der Waals surface area contributed by atoms with Crippen molar-refractivity contribution in [1.29, 1.82) is 0 Å². The van der Waals surface area contributed by atoms with Gasteiger partial charge in [-0.3, -0.25) is 14.5 Å². The highest BCUT2D eigenvalue weighted by Crippen LogP contribution is 2.34. The fraction of sp³-hybridized carbons (Fsp3) is 0.280. The molecule has 2 amide bonds. The third kappa shape index (κ3) is 4.38. The molecule has 0 bridgehead atoms. The number of fused-ring (bicyclic) bond motifs is 2. The predicted molar refractivity (Wildman–Crippen MR) is 123 cm³/mol. The highest BCUT2D eigenvalue weighted by atomic mass is 16.7. The van der Waals surface area contributed by atoms with Crippen molar-refractivity contribution in [2.75, 3.05) is 37.1 Å². The summed E-state index contributed by atoms with van der Waals surface area (Å²) in [6.07, 6.45) is 1.44. The quantitative estimate of drug-likeness (QED) is 0.641. The van der Waals surface area contributed by atoms with Crippen molar-refractivity contribution < 1.29 is 19.1 Å². The van der Waals surface area contributed by atoms with Gasteiger partial charge in [-0.05, 0) is 49.5 Å². The third-order valence-electron chi connectivity index (χ3n) is 6.03. The molecule has 3 aromatic rings. The van der Waals surface area contributed by atoms with E-state index in [0.717, 1.165) is 29.3 Å². The summed E-state index contributed by atoms with van der Waals surface area (Å²) >= 11 is 0. The lowest BCUT2D eigenvalue weighted by Gasteiger charge is -2.30. The average Bonchev–Trinajstić information content (AvgIpc) is 3.28. The molecule has 2 heterocycles. The van der Waals surface area contributed by atoms with Crippen molar-refractivity contribution in [1.82, 2.24) is 4.90 Å². The number of benzene rings is 3. The van der Waals surface area contributed by atoms with E-state index in [1.54, 1.807) is 12.1 Å². The Balaban J connectivity index is 1.12. The second-order valence-corrected chi connectivity index (χ2v) is 8.18. The molecule has 0 radical (unpaired) electrons. The molecule has 0 unspecified atom stereocenters. The summed E-state index contributed by atoms with van der Waals surface area (Å²) in [7, 11) is 0. The van der Waals surface area contributed by atoms with E-state index in [1.807, 2.05) is 48.5 Å². The number of hydrogen-bond acceptors (Lipinski definition) is 5. The zero-order valence-electron chi connectivity index (χ0n) is 17.7. The first-order valence-electron chi connectivity index (χ1n) is 10.9. The molecular weight excluding hydrogens is 406 g/mol. The molecule has 7 nitrogen and oxygen atoms in total. The van der Waals surface area contributed by atoms with Crippen LogP contribution in [0.3, 0.4) is 0 Å². The molecule has 1 saturated heterocycles. The van der Waals surface area contributed by atoms with Crippen molar-refractivity contribution in [3.05, 3.63) is 60.7 Å². The minimum absolute atomic E-state index is 0.00345. The van der Waals surface area contributed by atoms with Gasteiger partial charge in [0.05, 0.1) is 6.54 Å². The molecule has 0 saturated carbocycles. The number of nitrogens with one attached hydrogen (secondary N) is 2. The largest absolute Gasteiger partial charge is 0.454 e. The van der Waals surface area contributed by atoms with E-state index in [1.165, 1.54) is 0 Å². The summed E-state index contributed by atoms with van der Waals surface area (Å²) in [5, 5.41) is 8.14. The molecule has 0 atom stereocenters. The molecule has 7 heteroatoms. The van der Waals surface area contributed by atoms with Gasteiger partial charge in [-0.2, -0.15) is 0 Å². The van der Waals surface area contributed by atoms with Crippen LogP contribution in [0.2, 0.25) is 0 Å². The molecule has 0 aliphatic carbocycles. The maximum atomic E-state index is 12.7. The van der Waals surface area contributed by atoms with Gasteiger partial charge in [-0.25, -0.2) is 0 Å². The van der Waals surface area contributed by atoms with Crippen molar-refractivity contribution in [3.8, 4) is 11.5 Å². The molecule has 5 rings (SSSR count). The Kier molecular flexibility index (Phi) is 5.64. The van der Waals surface area contributed by atoms with Gasteiger partial charge in [0.25, 0.3) is 0 Å². The van der Waals surface area contributed by atoms with Crippen molar-refractivity contribution >= 4 is 34.0 Å². The summed E-state index contributed by atoms with van der Waals surface area (Å²) in [5.41, 5.74) is 1.53. The minimum atomic E-state index is -0.0715. The van der Waals surface area contributed by atoms with Crippen molar-refractivity contribution in [2.45, 2.75) is 12.8 Å². The van der Waals surface area contributed by atoms with Gasteiger partial charge in [-0.15, -0.1) is 0 Å². The smallest absolute Gasteiger partial charge is 0.238 e. The zero-order valence-corrected chi connectivity index (χ0v) is 17.7. The van der Waals surface area contributed by atoms with Gasteiger partial charge in [0.2, 0.25) is 18.6 Å². The molecule has 32 heavy (non-hydrogen) atoms. The van der Waals surface area contributed by atoms with Crippen LogP contribution in [0.15, 0.2) is 60.7 Å². The lowest BCUT2D eigenvalue weighted by Crippen LogP contribution is -2.41. The van der Waals surface area contributed by atoms with E-state index in [-0.39, 0.29) is 24.5 Å². The Bertz CT molecular complexity index is 1150. The van der Waals surface area contributed by atoms with E-state index < -0.39 is 0 Å². The molecule has 2 aliphatic heterocycles. The van der Waals surface area contributed by atoms with E-state index in [2.05, 4.69) is 15.5 Å². The Morgan fingerprint density at radius 1 is 0.906 bits per heavy atom. The molecule has 0 aromatic heterocycles. The first kappa shape index (κ1) is 20.3. The zero-order chi connectivity index (χ0) is 21.9. The molecule has 0 spiro atoms. The molecule has 2 N–H and O–H groups in total. The van der Waals surface area contributed by atoms with Gasteiger partial charge in [-0.1, -0.05) is 36.4 Å². The van der Waals surface area contributed by atoms with Crippen LogP contribution >= 0.6 is 0 Å². The summed E-state index contributed by atoms with van der Waals surface area (Å²) < 4.78 is 10.7. The number of likely N-dealkylation sites (tertiary alicyclic amines) is 1. The lowest BCUT2D eigenvalue weighted by molar-refractivity contribution is -0.121. The van der Waals surface area contributed by atoms with E-state index in [0.29, 0.717) is 36.8 Å². The second kappa shape index (κ2) is 8.88. The van der Waals surface area contributed by atoms with Crippen molar-refractivity contribution in [3.63, 3.8) is 0 Å². The minimum Gasteiger partial charge on any atom is -0.454 e.